The fraction of sp³-hybridized carbons (Fsp3) is 0.737. The summed E-state index contributed by atoms with van der Waals surface area (Å²) in [5.41, 5.74) is 1.93. The molecule has 7 heteroatoms. The number of fused-ring (bicyclic) bond motifs is 5. The molecular formula is C38H57NO6. The molecule has 7 nitrogen and oxygen atoms in total. The zero-order valence-electron chi connectivity index (χ0n) is 28.2. The van der Waals surface area contributed by atoms with Crippen LogP contribution in [0, 0.1) is 46.3 Å². The summed E-state index contributed by atoms with van der Waals surface area (Å²) < 4.78 is 10.5. The number of amides is 1. The minimum atomic E-state index is -1.09. The van der Waals surface area contributed by atoms with Crippen molar-refractivity contribution in [1.29, 1.82) is 0 Å². The van der Waals surface area contributed by atoms with Crippen LogP contribution in [0.15, 0.2) is 42.0 Å². The second kappa shape index (κ2) is 14.1. The molecule has 1 aromatic carbocycles. The van der Waals surface area contributed by atoms with Crippen LogP contribution in [0.1, 0.15) is 105 Å². The molecule has 0 radical (unpaired) electrons. The molecule has 0 aromatic heterocycles. The number of carbonyl (C=O) groups excluding carboxylic acids is 1. The highest BCUT2D eigenvalue weighted by Gasteiger charge is 2.59. The average molecular weight is 624 g/mol. The fourth-order valence-corrected chi connectivity index (χ4v) is 10.5. The van der Waals surface area contributed by atoms with Gasteiger partial charge in [0.2, 0.25) is 0 Å². The van der Waals surface area contributed by atoms with Crippen molar-refractivity contribution >= 4 is 12.2 Å². The molecule has 4 unspecified atom stereocenters. The van der Waals surface area contributed by atoms with Crippen LogP contribution in [-0.4, -0.2) is 52.7 Å². The third-order valence-electron chi connectivity index (χ3n) is 12.8. The van der Waals surface area contributed by atoms with Gasteiger partial charge in [0, 0.05) is 6.04 Å². The first-order valence-electron chi connectivity index (χ1n) is 17.7. The van der Waals surface area contributed by atoms with Gasteiger partial charge in [0.05, 0.1) is 12.6 Å². The Morgan fingerprint density at radius 2 is 1.76 bits per heavy atom. The van der Waals surface area contributed by atoms with Crippen molar-refractivity contribution in [1.82, 2.24) is 4.90 Å². The van der Waals surface area contributed by atoms with E-state index in [2.05, 4.69) is 40.7 Å². The smallest absolute Gasteiger partial charge is 0.465 e. The summed E-state index contributed by atoms with van der Waals surface area (Å²) in [7, 11) is 0. The Kier molecular flexibility index (Phi) is 10.6. The van der Waals surface area contributed by atoms with Gasteiger partial charge in [-0.3, -0.25) is 4.90 Å². The first-order chi connectivity index (χ1) is 21.5. The fourth-order valence-electron chi connectivity index (χ4n) is 10.5. The largest absolute Gasteiger partial charge is 0.513 e. The first kappa shape index (κ1) is 33.8. The van der Waals surface area contributed by atoms with Gasteiger partial charge in [-0.1, -0.05) is 83.7 Å². The number of allylic oxidation sites excluding steroid dienone is 1. The summed E-state index contributed by atoms with van der Waals surface area (Å²) in [6, 6.07) is 7.47. The molecule has 3 saturated carbocycles. The number of ether oxygens (including phenoxy) is 2. The van der Waals surface area contributed by atoms with Gasteiger partial charge in [-0.25, -0.2) is 9.59 Å². The van der Waals surface area contributed by atoms with Crippen molar-refractivity contribution < 1.29 is 29.3 Å². The Bertz CT molecular complexity index is 1200. The third-order valence-corrected chi connectivity index (χ3v) is 12.8. The quantitative estimate of drug-likeness (QED) is 0.145. The number of aliphatic hydroxyl groups is 1. The van der Waals surface area contributed by atoms with Gasteiger partial charge in [-0.2, -0.15) is 0 Å². The Morgan fingerprint density at radius 1 is 1.00 bits per heavy atom. The Balaban J connectivity index is 1.24. The lowest BCUT2D eigenvalue weighted by atomic mass is 9.46. The van der Waals surface area contributed by atoms with E-state index in [1.165, 1.54) is 55.4 Å². The number of carbonyl (C=O) groups is 2. The maximum absolute atomic E-state index is 12.6. The predicted molar refractivity (Wildman–Crippen MR) is 176 cm³/mol. The maximum Gasteiger partial charge on any atom is 0.513 e. The minimum Gasteiger partial charge on any atom is -0.465 e. The highest BCUT2D eigenvalue weighted by atomic mass is 16.7. The third kappa shape index (κ3) is 6.94. The summed E-state index contributed by atoms with van der Waals surface area (Å²) in [6.07, 6.45) is 13.3. The number of carboxylic acid groups (broad SMARTS) is 1. The van der Waals surface area contributed by atoms with E-state index < -0.39 is 24.9 Å². The van der Waals surface area contributed by atoms with Crippen LogP contribution in [0.3, 0.4) is 0 Å². The van der Waals surface area contributed by atoms with Crippen LogP contribution in [0.4, 0.5) is 9.59 Å². The summed E-state index contributed by atoms with van der Waals surface area (Å²) in [5.74, 6) is 4.90. The molecule has 0 heterocycles. The van der Waals surface area contributed by atoms with Crippen molar-refractivity contribution in [3.8, 4) is 5.75 Å². The SMILES string of the molecule is CC(C)CCC[C@@H](C)[C@H]1CCC2C3CC=C4C[C@@H](N(C(=O)O)C(CO)COC(=O)Oc5ccccc5)CC[C@]4(C)C3CC[C@@]21C. The van der Waals surface area contributed by atoms with Gasteiger partial charge in [0.15, 0.2) is 0 Å². The van der Waals surface area contributed by atoms with Crippen LogP contribution < -0.4 is 4.74 Å². The second-order valence-corrected chi connectivity index (χ2v) is 15.7. The molecule has 1 amide bonds. The van der Waals surface area contributed by atoms with E-state index in [1.807, 2.05) is 6.07 Å². The lowest BCUT2D eigenvalue weighted by Gasteiger charge is -2.59. The van der Waals surface area contributed by atoms with Crippen LogP contribution in [-0.2, 0) is 4.74 Å². The highest BCUT2D eigenvalue weighted by molar-refractivity contribution is 5.67. The standard InChI is InChI=1S/C38H57NO6/c1-25(2)10-9-11-26(3)32-16-17-33-31-15-14-27-22-28(18-20-37(27,4)34(31)19-21-38(32,33)5)39(35(41)42)29(23-40)24-44-36(43)45-30-12-7-6-8-13-30/h6-8,12-14,25-26,28-29,31-34,40H,9-11,15-24H2,1-5H3,(H,41,42)/t26-,28+,29?,31?,32-,33?,34?,37+,38-/m1/s1. The molecule has 2 N–H and O–H groups in total. The number of benzene rings is 1. The van der Waals surface area contributed by atoms with E-state index in [0.29, 0.717) is 29.4 Å². The summed E-state index contributed by atoms with van der Waals surface area (Å²) >= 11 is 0. The van der Waals surface area contributed by atoms with Gasteiger partial charge < -0.3 is 19.7 Å². The second-order valence-electron chi connectivity index (χ2n) is 15.7. The number of aliphatic hydroxyl groups excluding tert-OH is 1. The lowest BCUT2D eigenvalue weighted by molar-refractivity contribution is -0.0569. The number of hydrogen-bond acceptors (Lipinski definition) is 5. The van der Waals surface area contributed by atoms with Gasteiger partial charge in [0.25, 0.3) is 0 Å². The van der Waals surface area contributed by atoms with E-state index in [1.54, 1.807) is 24.3 Å². The number of nitrogens with zero attached hydrogens (tertiary/aromatic N) is 1. The predicted octanol–water partition coefficient (Wildman–Crippen LogP) is 8.95. The molecule has 45 heavy (non-hydrogen) atoms. The van der Waals surface area contributed by atoms with E-state index >= 15 is 0 Å². The molecule has 3 fully saturated rings. The lowest BCUT2D eigenvalue weighted by Crippen LogP contribution is -2.55. The summed E-state index contributed by atoms with van der Waals surface area (Å²) in [4.78, 5) is 26.2. The van der Waals surface area contributed by atoms with Crippen LogP contribution in [0.25, 0.3) is 0 Å². The molecule has 0 spiro atoms. The average Bonchev–Trinajstić information content (AvgIpc) is 3.36. The summed E-state index contributed by atoms with van der Waals surface area (Å²) in [6.45, 7) is 11.6. The van der Waals surface area contributed by atoms with E-state index in [4.69, 9.17) is 9.47 Å². The van der Waals surface area contributed by atoms with Gasteiger partial charge >= 0.3 is 12.2 Å². The Labute approximate surface area is 270 Å². The number of hydrogen-bond donors (Lipinski definition) is 2. The minimum absolute atomic E-state index is 0.0938. The molecule has 4 aliphatic carbocycles. The highest BCUT2D eigenvalue weighted by Crippen LogP contribution is 2.67. The molecule has 5 rings (SSSR count). The zero-order chi connectivity index (χ0) is 32.4. The van der Waals surface area contributed by atoms with Crippen molar-refractivity contribution in [3.63, 3.8) is 0 Å². The molecule has 1 aromatic rings. The van der Waals surface area contributed by atoms with Gasteiger partial charge in [0.1, 0.15) is 12.4 Å². The van der Waals surface area contributed by atoms with E-state index in [9.17, 15) is 19.8 Å². The van der Waals surface area contributed by atoms with Crippen molar-refractivity contribution in [3.05, 3.63) is 42.0 Å². The van der Waals surface area contributed by atoms with Crippen molar-refractivity contribution in [2.45, 2.75) is 117 Å². The van der Waals surface area contributed by atoms with Crippen molar-refractivity contribution in [2.75, 3.05) is 13.2 Å². The van der Waals surface area contributed by atoms with Crippen LogP contribution in [0.2, 0.25) is 0 Å². The van der Waals surface area contributed by atoms with Gasteiger partial charge in [-0.15, -0.1) is 0 Å². The molecule has 0 saturated heterocycles. The Morgan fingerprint density at radius 3 is 2.44 bits per heavy atom. The maximum atomic E-state index is 12.6. The van der Waals surface area contributed by atoms with Crippen LogP contribution >= 0.6 is 0 Å². The number of para-hydroxylation sites is 1. The molecule has 0 bridgehead atoms. The topological polar surface area (TPSA) is 96.3 Å². The number of rotatable bonds is 11. The normalized spacial score (nSPS) is 33.7. The molecule has 4 aliphatic rings. The van der Waals surface area contributed by atoms with Crippen LogP contribution in [0.5, 0.6) is 5.75 Å². The zero-order valence-corrected chi connectivity index (χ0v) is 28.2. The van der Waals surface area contributed by atoms with E-state index in [0.717, 1.165) is 42.9 Å². The molecule has 250 valence electrons. The van der Waals surface area contributed by atoms with Gasteiger partial charge in [-0.05, 0) is 110 Å². The molecule has 0 aliphatic heterocycles. The Hall–Kier alpha value is -2.54. The monoisotopic (exact) mass is 623 g/mol. The molecular weight excluding hydrogens is 566 g/mol. The molecule has 9 atom stereocenters. The first-order valence-corrected chi connectivity index (χ1v) is 17.7. The summed E-state index contributed by atoms with van der Waals surface area (Å²) in [5, 5.41) is 20.5. The van der Waals surface area contributed by atoms with E-state index in [-0.39, 0.29) is 18.1 Å². The van der Waals surface area contributed by atoms with Crippen molar-refractivity contribution in [2.24, 2.45) is 46.3 Å².